The molecule has 0 heterocycles. The zero-order chi connectivity index (χ0) is 15.4. The van der Waals surface area contributed by atoms with Gasteiger partial charge < -0.3 is 10.5 Å². The average Bonchev–Trinajstić information content (AvgIpc) is 2.45. The van der Waals surface area contributed by atoms with Crippen molar-refractivity contribution in [1.82, 2.24) is 0 Å². The average molecular weight is 289 g/mol. The Hall–Kier alpha value is -2.96. The minimum atomic E-state index is -0.940. The number of nitro benzene ring substituents is 1. The molecule has 0 saturated heterocycles. The van der Waals surface area contributed by atoms with Crippen LogP contribution in [0.1, 0.15) is 11.1 Å². The Bertz CT molecular complexity index is 686. The molecule has 2 rings (SSSR count). The highest BCUT2D eigenvalue weighted by molar-refractivity contribution is 5.94. The molecule has 0 saturated carbocycles. The number of benzene rings is 2. The van der Waals surface area contributed by atoms with Crippen molar-refractivity contribution in [3.8, 4) is 5.75 Å². The highest BCUT2D eigenvalue weighted by Crippen LogP contribution is 2.23. The molecule has 0 amide bonds. The molecule has 0 aliphatic rings. The topological polar surface area (TPSA) is 102 Å². The minimum absolute atomic E-state index is 0.0279. The Kier molecular flexibility index (Phi) is 4.13. The number of amidine groups is 1. The van der Waals surface area contributed by atoms with E-state index in [4.69, 9.17) is 15.9 Å². The van der Waals surface area contributed by atoms with Crippen LogP contribution in [0.15, 0.2) is 42.5 Å². The Morgan fingerprint density at radius 1 is 1.29 bits per heavy atom. The summed E-state index contributed by atoms with van der Waals surface area (Å²) in [7, 11) is 0. The van der Waals surface area contributed by atoms with Gasteiger partial charge in [-0.3, -0.25) is 15.5 Å². The van der Waals surface area contributed by atoms with E-state index in [9.17, 15) is 14.5 Å². The van der Waals surface area contributed by atoms with E-state index in [1.54, 1.807) is 24.3 Å². The highest BCUT2D eigenvalue weighted by Gasteiger charge is 2.14. The molecule has 0 aliphatic heterocycles. The van der Waals surface area contributed by atoms with Crippen LogP contribution in [-0.4, -0.2) is 10.8 Å². The second-order valence-corrected chi connectivity index (χ2v) is 4.27. The van der Waals surface area contributed by atoms with Crippen molar-refractivity contribution in [3.05, 3.63) is 69.5 Å². The molecule has 0 unspecified atom stereocenters. The fourth-order valence-electron chi connectivity index (χ4n) is 1.67. The normalized spacial score (nSPS) is 10.1. The van der Waals surface area contributed by atoms with Crippen LogP contribution in [0, 0.1) is 21.3 Å². The van der Waals surface area contributed by atoms with Crippen LogP contribution in [0.2, 0.25) is 0 Å². The van der Waals surface area contributed by atoms with E-state index in [0.29, 0.717) is 5.56 Å². The first-order valence-corrected chi connectivity index (χ1v) is 5.97. The molecule has 3 N–H and O–H groups in total. The molecule has 0 aromatic heterocycles. The van der Waals surface area contributed by atoms with Gasteiger partial charge >= 0.3 is 5.69 Å². The van der Waals surface area contributed by atoms with E-state index in [1.165, 1.54) is 6.07 Å². The summed E-state index contributed by atoms with van der Waals surface area (Å²) in [6.07, 6.45) is 0. The number of nitro groups is 1. The number of hydrogen-bond donors (Lipinski definition) is 2. The van der Waals surface area contributed by atoms with Crippen molar-refractivity contribution in [3.63, 3.8) is 0 Å². The summed E-state index contributed by atoms with van der Waals surface area (Å²) in [4.78, 5) is 9.70. The van der Waals surface area contributed by atoms with Crippen LogP contribution >= 0.6 is 0 Å². The van der Waals surface area contributed by atoms with Gasteiger partial charge in [0, 0.05) is 17.7 Å². The van der Waals surface area contributed by atoms with E-state index < -0.39 is 16.4 Å². The van der Waals surface area contributed by atoms with Crippen molar-refractivity contribution in [2.75, 3.05) is 0 Å². The summed E-state index contributed by atoms with van der Waals surface area (Å²) >= 11 is 0. The molecule has 0 spiro atoms. The van der Waals surface area contributed by atoms with Crippen LogP contribution in [0.3, 0.4) is 0 Å². The van der Waals surface area contributed by atoms with Gasteiger partial charge in [-0.05, 0) is 11.6 Å². The lowest BCUT2D eigenvalue weighted by Crippen LogP contribution is -2.10. The van der Waals surface area contributed by atoms with Gasteiger partial charge in [0.25, 0.3) is 0 Å². The number of rotatable bonds is 5. The summed E-state index contributed by atoms with van der Waals surface area (Å²) in [5.41, 5.74) is 6.15. The Balaban J connectivity index is 2.04. The van der Waals surface area contributed by atoms with E-state index in [2.05, 4.69) is 0 Å². The van der Waals surface area contributed by atoms with E-state index in [-0.39, 0.29) is 18.2 Å². The standard InChI is InChI=1S/C14H12FN3O3/c15-12-7-11(5-6-13(12)18(19)20)21-8-9-1-3-10(4-2-9)14(16)17/h1-7H,8H2,(H3,16,17). The molecule has 0 bridgehead atoms. The van der Waals surface area contributed by atoms with Gasteiger partial charge in [0.15, 0.2) is 0 Å². The third kappa shape index (κ3) is 3.53. The molecular formula is C14H12FN3O3. The van der Waals surface area contributed by atoms with Gasteiger partial charge in [-0.1, -0.05) is 24.3 Å². The first-order chi connectivity index (χ1) is 9.97. The third-order valence-electron chi connectivity index (χ3n) is 2.79. The lowest BCUT2D eigenvalue weighted by molar-refractivity contribution is -0.387. The number of nitrogens with one attached hydrogen (secondary N) is 1. The van der Waals surface area contributed by atoms with Crippen LogP contribution in [0.4, 0.5) is 10.1 Å². The molecule has 2 aromatic carbocycles. The quantitative estimate of drug-likeness (QED) is 0.382. The van der Waals surface area contributed by atoms with Gasteiger partial charge in [0.05, 0.1) is 4.92 Å². The van der Waals surface area contributed by atoms with Crippen molar-refractivity contribution >= 4 is 11.5 Å². The van der Waals surface area contributed by atoms with Gasteiger partial charge in [-0.15, -0.1) is 0 Å². The zero-order valence-electron chi connectivity index (χ0n) is 10.9. The van der Waals surface area contributed by atoms with Crippen molar-refractivity contribution < 1.29 is 14.1 Å². The summed E-state index contributed by atoms with van der Waals surface area (Å²) in [5, 5.41) is 17.8. The number of ether oxygens (including phenoxy) is 1. The minimum Gasteiger partial charge on any atom is -0.489 e. The smallest absolute Gasteiger partial charge is 0.305 e. The van der Waals surface area contributed by atoms with Crippen LogP contribution in [-0.2, 0) is 6.61 Å². The van der Waals surface area contributed by atoms with Gasteiger partial charge in [0.1, 0.15) is 18.2 Å². The number of nitrogen functional groups attached to an aromatic ring is 1. The number of nitrogens with zero attached hydrogens (tertiary/aromatic N) is 1. The predicted octanol–water partition coefficient (Wildman–Crippen LogP) is 2.60. The molecule has 0 radical (unpaired) electrons. The first kappa shape index (κ1) is 14.4. The maximum absolute atomic E-state index is 13.4. The van der Waals surface area contributed by atoms with E-state index in [0.717, 1.165) is 17.7 Å². The molecule has 0 aliphatic carbocycles. The van der Waals surface area contributed by atoms with Crippen molar-refractivity contribution in [1.29, 1.82) is 5.41 Å². The molecule has 0 atom stereocenters. The second-order valence-electron chi connectivity index (χ2n) is 4.27. The number of hydrogen-bond acceptors (Lipinski definition) is 4. The van der Waals surface area contributed by atoms with Crippen LogP contribution in [0.25, 0.3) is 0 Å². The molecule has 7 heteroatoms. The number of halogens is 1. The lowest BCUT2D eigenvalue weighted by atomic mass is 10.1. The summed E-state index contributed by atoms with van der Waals surface area (Å²) < 4.78 is 18.8. The van der Waals surface area contributed by atoms with Gasteiger partial charge in [-0.25, -0.2) is 0 Å². The molecule has 21 heavy (non-hydrogen) atoms. The molecular weight excluding hydrogens is 277 g/mol. The maximum Gasteiger partial charge on any atom is 0.305 e. The van der Waals surface area contributed by atoms with Crippen molar-refractivity contribution in [2.45, 2.75) is 6.61 Å². The SMILES string of the molecule is N=C(N)c1ccc(COc2ccc([N+](=O)[O-])c(F)c2)cc1. The third-order valence-corrected chi connectivity index (χ3v) is 2.79. The summed E-state index contributed by atoms with van der Waals surface area (Å²) in [5.74, 6) is -0.766. The molecule has 0 fully saturated rings. The number of nitrogens with two attached hydrogens (primary N) is 1. The largest absolute Gasteiger partial charge is 0.489 e. The maximum atomic E-state index is 13.4. The van der Waals surface area contributed by atoms with Crippen LogP contribution in [0.5, 0.6) is 5.75 Å². The first-order valence-electron chi connectivity index (χ1n) is 5.97. The molecule has 6 nitrogen and oxygen atoms in total. The fraction of sp³-hybridized carbons (Fsp3) is 0.0714. The lowest BCUT2D eigenvalue weighted by Gasteiger charge is -2.07. The highest BCUT2D eigenvalue weighted by atomic mass is 19.1. The van der Waals surface area contributed by atoms with Gasteiger partial charge in [0.2, 0.25) is 5.82 Å². The fourth-order valence-corrected chi connectivity index (χ4v) is 1.67. The summed E-state index contributed by atoms with van der Waals surface area (Å²) in [6.45, 7) is 0.176. The Morgan fingerprint density at radius 2 is 1.95 bits per heavy atom. The van der Waals surface area contributed by atoms with E-state index >= 15 is 0 Å². The second kappa shape index (κ2) is 6.00. The van der Waals surface area contributed by atoms with Gasteiger partial charge in [-0.2, -0.15) is 4.39 Å². The van der Waals surface area contributed by atoms with E-state index in [1.807, 2.05) is 0 Å². The Labute approximate surface area is 119 Å². The summed E-state index contributed by atoms with van der Waals surface area (Å²) in [6, 6.07) is 10.2. The van der Waals surface area contributed by atoms with Crippen LogP contribution < -0.4 is 10.5 Å². The zero-order valence-corrected chi connectivity index (χ0v) is 10.9. The molecule has 108 valence electrons. The monoisotopic (exact) mass is 289 g/mol. The predicted molar refractivity (Wildman–Crippen MR) is 74.8 cm³/mol. The Morgan fingerprint density at radius 3 is 2.48 bits per heavy atom. The molecule has 2 aromatic rings. The van der Waals surface area contributed by atoms with Crippen molar-refractivity contribution in [2.24, 2.45) is 5.73 Å².